The van der Waals surface area contributed by atoms with E-state index in [4.69, 9.17) is 27.6 Å². The summed E-state index contributed by atoms with van der Waals surface area (Å²) in [5, 5.41) is 15.8. The summed E-state index contributed by atoms with van der Waals surface area (Å²) in [4.78, 5) is 27.7. The molecule has 0 bridgehead atoms. The Morgan fingerprint density at radius 3 is 2.08 bits per heavy atom. The van der Waals surface area contributed by atoms with E-state index in [0.29, 0.717) is 34.5 Å². The SMILES string of the molecule is CSCC[C@H](NC(=O)c1ccc(CN(Cc2cc(-c3ccc(Cl)cc3)c(-c3ccc(Cl)cc3)o2)C(C)C)cc1-c1ccccc1C)C(=O)[O-].[Li+]. The Hall–Kier alpha value is -3.41. The number of rotatable bonds is 14. The van der Waals surface area contributed by atoms with Crippen LogP contribution in [0.3, 0.4) is 0 Å². The molecule has 0 fully saturated rings. The second-order valence-corrected chi connectivity index (χ2v) is 14.1. The van der Waals surface area contributed by atoms with Crippen LogP contribution in [0.2, 0.25) is 10.0 Å². The molecule has 5 aromatic rings. The fourth-order valence-corrected chi connectivity index (χ4v) is 6.46. The Kier molecular flexibility index (Phi) is 14.3. The van der Waals surface area contributed by atoms with Gasteiger partial charge in [0.25, 0.3) is 5.91 Å². The first-order valence-corrected chi connectivity index (χ1v) is 18.3. The van der Waals surface area contributed by atoms with Gasteiger partial charge in [-0.15, -0.1) is 0 Å². The zero-order chi connectivity index (χ0) is 35.1. The van der Waals surface area contributed by atoms with Crippen molar-refractivity contribution in [3.63, 3.8) is 0 Å². The number of aryl methyl sites for hydroxylation is 1. The normalized spacial score (nSPS) is 11.8. The molecule has 1 aromatic heterocycles. The van der Waals surface area contributed by atoms with Gasteiger partial charge in [0.2, 0.25) is 0 Å². The summed E-state index contributed by atoms with van der Waals surface area (Å²) in [5.74, 6) is 0.409. The molecule has 0 unspecified atom stereocenters. The average molecular weight is 722 g/mol. The molecule has 4 aromatic carbocycles. The standard InChI is InChI=1S/C40H40Cl2N2O4S.Li/c1-25(2)44(24-32-22-35(28-10-14-30(41)15-11-28)38(48-32)29-12-16-31(42)17-13-29)23-27-9-18-34(36(21-27)33-8-6-5-7-26(33)3)39(45)43-37(40(46)47)19-20-49-4;/h5-18,21-22,25,37H,19-20,23-24H2,1-4H3,(H,43,45)(H,46,47);/q;+1/p-1/t37-;/m0./s1. The minimum absolute atomic E-state index is 0. The summed E-state index contributed by atoms with van der Waals surface area (Å²) < 4.78 is 6.56. The van der Waals surface area contributed by atoms with Crippen LogP contribution in [-0.4, -0.2) is 40.9 Å². The first-order chi connectivity index (χ1) is 23.5. The molecule has 0 spiro atoms. The first kappa shape index (κ1) is 39.4. The fourth-order valence-electron chi connectivity index (χ4n) is 5.74. The van der Waals surface area contributed by atoms with E-state index in [1.165, 1.54) is 11.8 Å². The molecule has 1 heterocycles. The zero-order valence-corrected chi connectivity index (χ0v) is 31.3. The predicted molar refractivity (Wildman–Crippen MR) is 200 cm³/mol. The fraction of sp³-hybridized carbons (Fsp3) is 0.250. The van der Waals surface area contributed by atoms with Gasteiger partial charge in [-0.3, -0.25) is 9.69 Å². The van der Waals surface area contributed by atoms with Crippen LogP contribution in [0.1, 0.15) is 47.5 Å². The van der Waals surface area contributed by atoms with E-state index in [0.717, 1.165) is 50.5 Å². The second kappa shape index (κ2) is 18.2. The van der Waals surface area contributed by atoms with E-state index in [1.54, 1.807) is 6.07 Å². The number of carbonyl (C=O) groups excluding carboxylic acids is 2. The number of hydrogen-bond acceptors (Lipinski definition) is 6. The van der Waals surface area contributed by atoms with Crippen LogP contribution < -0.4 is 29.3 Å². The largest absolute Gasteiger partial charge is 1.00 e. The Labute approximate surface area is 320 Å². The Morgan fingerprint density at radius 2 is 1.48 bits per heavy atom. The van der Waals surface area contributed by atoms with Crippen LogP contribution >= 0.6 is 35.0 Å². The molecule has 0 aliphatic rings. The second-order valence-electron chi connectivity index (χ2n) is 12.3. The number of aliphatic carboxylic acids is 1. The Morgan fingerprint density at radius 1 is 0.840 bits per heavy atom. The van der Waals surface area contributed by atoms with Crippen LogP contribution in [0, 0.1) is 6.92 Å². The van der Waals surface area contributed by atoms with Crippen LogP contribution in [0.4, 0.5) is 0 Å². The Bertz CT molecular complexity index is 1850. The van der Waals surface area contributed by atoms with Crippen molar-refractivity contribution in [3.05, 3.63) is 130 Å². The summed E-state index contributed by atoms with van der Waals surface area (Å²) in [5.41, 5.74) is 6.95. The van der Waals surface area contributed by atoms with Gasteiger partial charge in [-0.05, 0) is 122 Å². The van der Waals surface area contributed by atoms with Crippen LogP contribution in [0.5, 0.6) is 0 Å². The summed E-state index contributed by atoms with van der Waals surface area (Å²) in [6.07, 6.45) is 2.18. The number of furan rings is 1. The molecule has 0 radical (unpaired) electrons. The average Bonchev–Trinajstić information content (AvgIpc) is 3.50. The van der Waals surface area contributed by atoms with E-state index >= 15 is 0 Å². The number of halogens is 2. The van der Waals surface area contributed by atoms with Gasteiger partial charge < -0.3 is 19.6 Å². The molecule has 1 atom stereocenters. The third-order valence-corrected chi connectivity index (χ3v) is 9.63. The van der Waals surface area contributed by atoms with Gasteiger partial charge in [-0.2, -0.15) is 11.8 Å². The number of carboxylic acid groups (broad SMARTS) is 1. The van der Waals surface area contributed by atoms with Crippen LogP contribution in [0.25, 0.3) is 33.6 Å². The number of nitrogens with zero attached hydrogens (tertiary/aromatic N) is 1. The van der Waals surface area contributed by atoms with E-state index in [1.807, 2.05) is 98.1 Å². The number of amides is 1. The van der Waals surface area contributed by atoms with Crippen molar-refractivity contribution in [1.29, 1.82) is 0 Å². The molecule has 254 valence electrons. The van der Waals surface area contributed by atoms with Crippen molar-refractivity contribution in [1.82, 2.24) is 10.2 Å². The van der Waals surface area contributed by atoms with Gasteiger partial charge in [0, 0.05) is 39.3 Å². The minimum atomic E-state index is -1.29. The van der Waals surface area contributed by atoms with Crippen molar-refractivity contribution in [2.45, 2.75) is 52.4 Å². The van der Waals surface area contributed by atoms with Crippen LogP contribution in [-0.2, 0) is 17.9 Å². The minimum Gasteiger partial charge on any atom is -0.548 e. The van der Waals surface area contributed by atoms with E-state index < -0.39 is 17.9 Å². The number of thioether (sulfide) groups is 1. The molecule has 10 heteroatoms. The molecule has 6 nitrogen and oxygen atoms in total. The molecule has 50 heavy (non-hydrogen) atoms. The number of carboxylic acids is 1. The van der Waals surface area contributed by atoms with Gasteiger partial charge >= 0.3 is 18.9 Å². The molecule has 5 rings (SSSR count). The van der Waals surface area contributed by atoms with Gasteiger partial charge in [0.15, 0.2) is 0 Å². The van der Waals surface area contributed by atoms with Crippen molar-refractivity contribution in [2.75, 3.05) is 12.0 Å². The summed E-state index contributed by atoms with van der Waals surface area (Å²) >= 11 is 13.9. The molecule has 0 aliphatic carbocycles. The maximum Gasteiger partial charge on any atom is 1.00 e. The van der Waals surface area contributed by atoms with Crippen molar-refractivity contribution in [2.24, 2.45) is 0 Å². The third-order valence-electron chi connectivity index (χ3n) is 8.48. The topological polar surface area (TPSA) is 85.6 Å². The summed E-state index contributed by atoms with van der Waals surface area (Å²) in [6.45, 7) is 7.40. The molecule has 1 N–H and O–H groups in total. The van der Waals surface area contributed by atoms with Gasteiger partial charge in [-0.25, -0.2) is 0 Å². The molecule has 0 saturated carbocycles. The predicted octanol–water partition coefficient (Wildman–Crippen LogP) is 5.91. The van der Waals surface area contributed by atoms with Gasteiger partial charge in [-0.1, -0.05) is 65.7 Å². The molecular weight excluding hydrogens is 682 g/mol. The number of hydrogen-bond donors (Lipinski definition) is 1. The first-order valence-electron chi connectivity index (χ1n) is 16.1. The number of nitrogens with one attached hydrogen (secondary N) is 1. The van der Waals surface area contributed by atoms with E-state index in [2.05, 4.69) is 30.1 Å². The zero-order valence-electron chi connectivity index (χ0n) is 29.0. The van der Waals surface area contributed by atoms with Crippen molar-refractivity contribution in [3.8, 4) is 33.6 Å². The Balaban J connectivity index is 0.00000562. The van der Waals surface area contributed by atoms with E-state index in [9.17, 15) is 14.7 Å². The maximum atomic E-state index is 13.6. The van der Waals surface area contributed by atoms with Gasteiger partial charge in [0.1, 0.15) is 11.5 Å². The quantitative estimate of drug-likeness (QED) is 0.144. The smallest absolute Gasteiger partial charge is 0.548 e. The monoisotopic (exact) mass is 720 g/mol. The molecular formula is C40H39Cl2LiN2O4S. The summed E-state index contributed by atoms with van der Waals surface area (Å²) in [6, 6.07) is 30.1. The van der Waals surface area contributed by atoms with Crippen LogP contribution in [0.15, 0.2) is 101 Å². The molecule has 0 saturated heterocycles. The maximum absolute atomic E-state index is 13.6. The molecule has 0 aliphatic heterocycles. The van der Waals surface area contributed by atoms with E-state index in [-0.39, 0.29) is 31.3 Å². The van der Waals surface area contributed by atoms with Crippen molar-refractivity contribution >= 4 is 46.8 Å². The number of carbonyl (C=O) groups is 2. The van der Waals surface area contributed by atoms with Crippen molar-refractivity contribution < 1.29 is 38.0 Å². The molecule has 1 amide bonds. The summed E-state index contributed by atoms with van der Waals surface area (Å²) in [7, 11) is 0. The third kappa shape index (κ3) is 9.88. The number of benzene rings is 4. The van der Waals surface area contributed by atoms with Gasteiger partial charge in [0.05, 0.1) is 18.6 Å².